The molecule has 20 heavy (non-hydrogen) atoms. The number of aliphatic imine (C=N–C) groups is 2. The molecule has 7 heteroatoms. The number of alkyl halides is 1. The molecule has 1 unspecified atom stereocenters. The molecule has 0 aliphatic carbocycles. The van der Waals surface area contributed by atoms with Gasteiger partial charge in [-0.1, -0.05) is 11.6 Å². The summed E-state index contributed by atoms with van der Waals surface area (Å²) in [5.41, 5.74) is 0.215. The van der Waals surface area contributed by atoms with E-state index in [1.165, 1.54) is 7.11 Å². The lowest BCUT2D eigenvalue weighted by Crippen LogP contribution is -2.48. The van der Waals surface area contributed by atoms with Crippen LogP contribution in [0.4, 0.5) is 0 Å². The van der Waals surface area contributed by atoms with Crippen LogP contribution >= 0.6 is 11.6 Å². The van der Waals surface area contributed by atoms with E-state index in [2.05, 4.69) is 14.7 Å². The third kappa shape index (κ3) is 6.92. The molecule has 0 fully saturated rings. The fourth-order valence-corrected chi connectivity index (χ4v) is 2.21. The summed E-state index contributed by atoms with van der Waals surface area (Å²) in [4.78, 5) is 8.58. The molecule has 0 heterocycles. The second-order valence-corrected chi connectivity index (χ2v) is 7.92. The van der Waals surface area contributed by atoms with Gasteiger partial charge in [0.25, 0.3) is 0 Å². The number of hydrogen-bond donors (Lipinski definition) is 1. The molecule has 0 saturated heterocycles. The average molecular weight is 324 g/mol. The zero-order valence-corrected chi connectivity index (χ0v) is 14.9. The molecular formula is C13H26ClN3O2S. The summed E-state index contributed by atoms with van der Waals surface area (Å²) in [6.07, 6.45) is 0. The van der Waals surface area contributed by atoms with Gasteiger partial charge in [0.1, 0.15) is 16.0 Å². The van der Waals surface area contributed by atoms with E-state index in [4.69, 9.17) is 16.3 Å². The number of ether oxygens (including phenoxy) is 1. The SMILES string of the molecule is CC/N=C(\C(=N/C(C)Cl)OC)[C@@H](C)N[S@+]([O-])C(C)(C)C. The predicted molar refractivity (Wildman–Crippen MR) is 88.2 cm³/mol. The van der Waals surface area contributed by atoms with E-state index in [0.29, 0.717) is 18.2 Å². The summed E-state index contributed by atoms with van der Waals surface area (Å²) >= 11 is 4.68. The van der Waals surface area contributed by atoms with Crippen molar-refractivity contribution in [3.05, 3.63) is 0 Å². The van der Waals surface area contributed by atoms with E-state index in [9.17, 15) is 4.55 Å². The normalized spacial score (nSPS) is 18.6. The van der Waals surface area contributed by atoms with Crippen molar-refractivity contribution in [1.29, 1.82) is 0 Å². The second-order valence-electron chi connectivity index (χ2n) is 5.29. The fraction of sp³-hybridized carbons (Fsp3) is 0.846. The van der Waals surface area contributed by atoms with Gasteiger partial charge >= 0.3 is 0 Å². The highest BCUT2D eigenvalue weighted by Gasteiger charge is 2.30. The summed E-state index contributed by atoms with van der Waals surface area (Å²) in [5, 5.41) is 0. The number of methoxy groups -OCH3 is 1. The highest BCUT2D eigenvalue weighted by Crippen LogP contribution is 2.14. The van der Waals surface area contributed by atoms with Crippen LogP contribution in [0.1, 0.15) is 41.5 Å². The van der Waals surface area contributed by atoms with Gasteiger partial charge in [-0.05, 0) is 41.5 Å². The van der Waals surface area contributed by atoms with Gasteiger partial charge in [0, 0.05) is 17.9 Å². The molecule has 0 aromatic carbocycles. The predicted octanol–water partition coefficient (Wildman–Crippen LogP) is 2.52. The minimum atomic E-state index is -1.20. The van der Waals surface area contributed by atoms with E-state index in [1.807, 2.05) is 34.6 Å². The molecule has 5 nitrogen and oxygen atoms in total. The summed E-state index contributed by atoms with van der Waals surface area (Å²) in [6, 6.07) is -0.246. The highest BCUT2D eigenvalue weighted by atomic mass is 35.5. The van der Waals surface area contributed by atoms with Gasteiger partial charge in [-0.3, -0.25) is 4.99 Å². The highest BCUT2D eigenvalue weighted by molar-refractivity contribution is 7.90. The summed E-state index contributed by atoms with van der Waals surface area (Å²) < 4.78 is 20.1. The van der Waals surface area contributed by atoms with Crippen LogP contribution in [0.3, 0.4) is 0 Å². The summed E-state index contributed by atoms with van der Waals surface area (Å²) in [7, 11) is 1.52. The molecular weight excluding hydrogens is 298 g/mol. The van der Waals surface area contributed by atoms with Gasteiger partial charge in [-0.15, -0.1) is 4.72 Å². The first-order valence-electron chi connectivity index (χ1n) is 6.62. The van der Waals surface area contributed by atoms with Gasteiger partial charge in [0.15, 0.2) is 0 Å². The van der Waals surface area contributed by atoms with Crippen molar-refractivity contribution < 1.29 is 9.29 Å². The smallest absolute Gasteiger partial charge is 0.233 e. The zero-order valence-electron chi connectivity index (χ0n) is 13.4. The standard InChI is InChI=1S/C13H26ClN3O2S/c1-8-15-11(12(19-7)16-10(3)14)9(2)17-20(18)13(4,5)6/h9-10,17H,8H2,1-7H3/b15-11-,16-12+/t9-,10?,20-/m1/s1. The largest absolute Gasteiger partial charge is 0.598 e. The van der Waals surface area contributed by atoms with Gasteiger partial charge in [0.2, 0.25) is 5.90 Å². The van der Waals surface area contributed by atoms with E-state index in [-0.39, 0.29) is 10.8 Å². The number of nitrogens with zero attached hydrogens (tertiary/aromatic N) is 2. The molecule has 0 aliphatic heterocycles. The van der Waals surface area contributed by atoms with Crippen LogP contribution in [-0.4, -0.2) is 46.1 Å². The molecule has 0 spiro atoms. The Hall–Kier alpha value is -0.300. The molecule has 3 atom stereocenters. The Bertz CT molecular complexity index is 354. The summed E-state index contributed by atoms with van der Waals surface area (Å²) in [6.45, 7) is 11.9. The Morgan fingerprint density at radius 1 is 1.40 bits per heavy atom. The maximum atomic E-state index is 12.2. The van der Waals surface area contributed by atoms with Crippen molar-refractivity contribution >= 4 is 34.6 Å². The fourth-order valence-electron chi connectivity index (χ4n) is 1.34. The average Bonchev–Trinajstić information content (AvgIpc) is 2.31. The van der Waals surface area contributed by atoms with Crippen molar-refractivity contribution in [3.63, 3.8) is 0 Å². The van der Waals surface area contributed by atoms with Crippen molar-refractivity contribution in [2.75, 3.05) is 13.7 Å². The molecule has 0 radical (unpaired) electrons. The van der Waals surface area contributed by atoms with Crippen LogP contribution in [0, 0.1) is 0 Å². The minimum Gasteiger partial charge on any atom is -0.598 e. The molecule has 1 N–H and O–H groups in total. The van der Waals surface area contributed by atoms with Crippen molar-refractivity contribution in [2.24, 2.45) is 9.98 Å². The second kappa shape index (κ2) is 8.87. The van der Waals surface area contributed by atoms with Crippen LogP contribution in [-0.2, 0) is 16.1 Å². The first kappa shape index (κ1) is 19.7. The van der Waals surface area contributed by atoms with Gasteiger partial charge in [-0.2, -0.15) is 0 Å². The third-order valence-electron chi connectivity index (χ3n) is 2.29. The van der Waals surface area contributed by atoms with E-state index >= 15 is 0 Å². The first-order valence-corrected chi connectivity index (χ1v) is 8.20. The lowest BCUT2D eigenvalue weighted by Gasteiger charge is -2.27. The van der Waals surface area contributed by atoms with Crippen LogP contribution in [0.5, 0.6) is 0 Å². The molecule has 0 bridgehead atoms. The van der Waals surface area contributed by atoms with Gasteiger partial charge in [-0.25, -0.2) is 4.99 Å². The minimum absolute atomic E-state index is 0.246. The first-order chi connectivity index (χ1) is 9.13. The lowest BCUT2D eigenvalue weighted by molar-refractivity contribution is 0.406. The van der Waals surface area contributed by atoms with Gasteiger partial charge < -0.3 is 9.29 Å². The maximum Gasteiger partial charge on any atom is 0.233 e. The van der Waals surface area contributed by atoms with Crippen molar-refractivity contribution in [1.82, 2.24) is 4.72 Å². The molecule has 0 amide bonds. The molecule has 118 valence electrons. The molecule has 0 saturated carbocycles. The Labute approximate surface area is 130 Å². The molecule has 0 aliphatic rings. The number of nitrogens with one attached hydrogen (secondary N) is 1. The lowest BCUT2D eigenvalue weighted by atomic mass is 10.2. The van der Waals surface area contributed by atoms with E-state index < -0.39 is 16.9 Å². The zero-order chi connectivity index (χ0) is 15.9. The molecule has 0 rings (SSSR count). The van der Waals surface area contributed by atoms with Gasteiger partial charge in [0.05, 0.1) is 13.2 Å². The number of hydrogen-bond acceptors (Lipinski definition) is 5. The Morgan fingerprint density at radius 2 is 1.95 bits per heavy atom. The summed E-state index contributed by atoms with van der Waals surface area (Å²) in [5.74, 6) is 0.375. The van der Waals surface area contributed by atoms with Crippen LogP contribution < -0.4 is 4.72 Å². The Kier molecular flexibility index (Phi) is 8.74. The van der Waals surface area contributed by atoms with E-state index in [1.54, 1.807) is 6.92 Å². The number of rotatable bonds is 6. The van der Waals surface area contributed by atoms with Crippen LogP contribution in [0.2, 0.25) is 0 Å². The topological polar surface area (TPSA) is 69.0 Å². The quantitative estimate of drug-likeness (QED) is 0.268. The van der Waals surface area contributed by atoms with Crippen LogP contribution in [0.25, 0.3) is 0 Å². The number of halogens is 1. The Morgan fingerprint density at radius 3 is 2.30 bits per heavy atom. The van der Waals surface area contributed by atoms with Crippen molar-refractivity contribution in [2.45, 2.75) is 57.8 Å². The monoisotopic (exact) mass is 323 g/mol. The van der Waals surface area contributed by atoms with E-state index in [0.717, 1.165) is 0 Å². The van der Waals surface area contributed by atoms with Crippen LogP contribution in [0.15, 0.2) is 9.98 Å². The Balaban J connectivity index is 5.15. The maximum absolute atomic E-state index is 12.2. The third-order valence-corrected chi connectivity index (χ3v) is 4.06. The molecule has 0 aromatic rings. The molecule has 0 aromatic heterocycles. The van der Waals surface area contributed by atoms with Crippen molar-refractivity contribution in [3.8, 4) is 0 Å².